The lowest BCUT2D eigenvalue weighted by Crippen LogP contribution is -2.54. The molecule has 3 aliphatic heterocycles. The van der Waals surface area contributed by atoms with E-state index in [-0.39, 0.29) is 59.9 Å². The van der Waals surface area contributed by atoms with Crippen molar-refractivity contribution in [3.05, 3.63) is 95.6 Å². The number of carbonyl (C=O) groups is 5. The summed E-state index contributed by atoms with van der Waals surface area (Å²) in [6.07, 6.45) is 1.31. The molecule has 4 heterocycles. The number of ether oxygens (including phenoxy) is 1. The van der Waals surface area contributed by atoms with E-state index < -0.39 is 29.7 Å². The molecule has 14 heteroatoms. The predicted octanol–water partition coefficient (Wildman–Crippen LogP) is 3.03. The largest absolute Gasteiger partial charge is 0.507 e. The molecule has 7 rings (SSSR count). The molecule has 2 unspecified atom stereocenters. The zero-order valence-electron chi connectivity index (χ0n) is 28.2. The number of nitrogens with two attached hydrogens (primary N) is 1. The number of benzene rings is 3. The van der Waals surface area contributed by atoms with Gasteiger partial charge in [-0.15, -0.1) is 10.2 Å². The molecule has 0 bridgehead atoms. The van der Waals surface area contributed by atoms with Gasteiger partial charge in [0.15, 0.2) is 11.6 Å². The monoisotopic (exact) mass is 703 g/mol. The van der Waals surface area contributed by atoms with Gasteiger partial charge in [0.2, 0.25) is 17.7 Å². The summed E-state index contributed by atoms with van der Waals surface area (Å²) >= 11 is 0. The number of amides is 5. The van der Waals surface area contributed by atoms with Crippen LogP contribution in [-0.4, -0.2) is 82.0 Å². The smallest absolute Gasteiger partial charge is 0.262 e. The Morgan fingerprint density at radius 3 is 2.38 bits per heavy atom. The average molecular weight is 704 g/mol. The summed E-state index contributed by atoms with van der Waals surface area (Å²) in [6.45, 7) is 1.64. The standard InChI is InChI=1S/C38H37N7O7/c39-34-32(19-29(42-43-34)27-8-4-5-9-31(27)46)52-21-24(22-6-2-1-3-7-22)20-40-35(48)23-14-16-44(17-15-23)25-10-11-26-28(18-25)38(51)45(37(26)50)30-12-13-33(47)41-36(30)49/h1-11,18-19,23-24,30,46H,12-17,20-21H2,(H2,39,43)(H,40,48)(H,41,47,49). The Kier molecular flexibility index (Phi) is 9.53. The first-order chi connectivity index (χ1) is 25.2. The van der Waals surface area contributed by atoms with Crippen LogP contribution in [0.5, 0.6) is 11.5 Å². The number of phenols is 1. The van der Waals surface area contributed by atoms with E-state index in [4.69, 9.17) is 10.5 Å². The maximum atomic E-state index is 13.4. The van der Waals surface area contributed by atoms with Gasteiger partial charge in [0, 0.05) is 55.2 Å². The molecule has 5 amide bonds. The fourth-order valence-corrected chi connectivity index (χ4v) is 6.93. The molecule has 0 radical (unpaired) electrons. The number of carbonyl (C=O) groups excluding carboxylic acids is 5. The van der Waals surface area contributed by atoms with Gasteiger partial charge in [-0.2, -0.15) is 0 Å². The number of piperidine rings is 2. The number of hydrogen-bond donors (Lipinski definition) is 4. The fraction of sp³-hybridized carbons (Fsp3) is 0.289. The van der Waals surface area contributed by atoms with Gasteiger partial charge in [0.25, 0.3) is 11.8 Å². The maximum absolute atomic E-state index is 13.4. The van der Waals surface area contributed by atoms with Crippen molar-refractivity contribution in [1.82, 2.24) is 25.7 Å². The highest BCUT2D eigenvalue weighted by Crippen LogP contribution is 2.33. The molecular weight excluding hydrogens is 666 g/mol. The molecule has 1 aromatic heterocycles. The lowest BCUT2D eigenvalue weighted by Gasteiger charge is -2.33. The summed E-state index contributed by atoms with van der Waals surface area (Å²) in [5, 5.41) is 23.7. The van der Waals surface area contributed by atoms with E-state index >= 15 is 0 Å². The van der Waals surface area contributed by atoms with Gasteiger partial charge < -0.3 is 25.8 Å². The molecule has 52 heavy (non-hydrogen) atoms. The Bertz CT molecular complexity index is 2050. The van der Waals surface area contributed by atoms with Crippen molar-refractivity contribution >= 4 is 41.0 Å². The summed E-state index contributed by atoms with van der Waals surface area (Å²) in [4.78, 5) is 66.9. The van der Waals surface area contributed by atoms with Gasteiger partial charge >= 0.3 is 0 Å². The van der Waals surface area contributed by atoms with Crippen molar-refractivity contribution in [1.29, 1.82) is 0 Å². The highest BCUT2D eigenvalue weighted by molar-refractivity contribution is 6.23. The van der Waals surface area contributed by atoms with Crippen LogP contribution in [0.15, 0.2) is 78.9 Å². The highest BCUT2D eigenvalue weighted by Gasteiger charge is 2.45. The van der Waals surface area contributed by atoms with Crippen molar-refractivity contribution in [3.8, 4) is 22.8 Å². The van der Waals surface area contributed by atoms with Crippen LogP contribution in [0, 0.1) is 5.92 Å². The zero-order valence-corrected chi connectivity index (χ0v) is 28.2. The summed E-state index contributed by atoms with van der Waals surface area (Å²) in [5.74, 6) is -2.20. The summed E-state index contributed by atoms with van der Waals surface area (Å²) in [7, 11) is 0. The van der Waals surface area contributed by atoms with E-state index in [1.54, 1.807) is 48.5 Å². The minimum Gasteiger partial charge on any atom is -0.507 e. The zero-order chi connectivity index (χ0) is 36.4. The van der Waals surface area contributed by atoms with Crippen molar-refractivity contribution in [2.24, 2.45) is 5.92 Å². The second kappa shape index (κ2) is 14.5. The Labute approximate surface area is 299 Å². The number of fused-ring (bicyclic) bond motifs is 1. The number of phenolic OH excluding ortho intramolecular Hbond substituents is 1. The van der Waals surface area contributed by atoms with Crippen LogP contribution in [0.4, 0.5) is 11.5 Å². The van der Waals surface area contributed by atoms with Crippen LogP contribution in [0.3, 0.4) is 0 Å². The number of nitrogens with one attached hydrogen (secondary N) is 2. The number of anilines is 2. The Hall–Kier alpha value is -6.31. The molecule has 0 saturated carbocycles. The van der Waals surface area contributed by atoms with Crippen LogP contribution in [0.25, 0.3) is 11.3 Å². The van der Waals surface area contributed by atoms with Gasteiger partial charge in [0.05, 0.1) is 17.7 Å². The van der Waals surface area contributed by atoms with E-state index in [0.717, 1.165) is 16.2 Å². The summed E-state index contributed by atoms with van der Waals surface area (Å²) in [6, 6.07) is 22.1. The lowest BCUT2D eigenvalue weighted by molar-refractivity contribution is -0.136. The molecule has 4 aromatic rings. The number of imide groups is 2. The van der Waals surface area contributed by atoms with Gasteiger partial charge in [-0.05, 0) is 55.2 Å². The second-order valence-corrected chi connectivity index (χ2v) is 13.1. The van der Waals surface area contributed by atoms with Crippen LogP contribution in [0.2, 0.25) is 0 Å². The molecule has 266 valence electrons. The van der Waals surface area contributed by atoms with Gasteiger partial charge in [-0.3, -0.25) is 34.2 Å². The number of nitrogen functional groups attached to an aromatic ring is 1. The predicted molar refractivity (Wildman–Crippen MR) is 189 cm³/mol. The van der Waals surface area contributed by atoms with Crippen molar-refractivity contribution in [2.75, 3.05) is 36.9 Å². The number of hydrogen-bond acceptors (Lipinski definition) is 11. The summed E-state index contributed by atoms with van der Waals surface area (Å²) < 4.78 is 6.14. The van der Waals surface area contributed by atoms with E-state index in [9.17, 15) is 29.1 Å². The average Bonchev–Trinajstić information content (AvgIpc) is 3.41. The van der Waals surface area contributed by atoms with Gasteiger partial charge in [-0.1, -0.05) is 42.5 Å². The Morgan fingerprint density at radius 1 is 0.904 bits per heavy atom. The molecule has 14 nitrogen and oxygen atoms in total. The topological polar surface area (TPSA) is 197 Å². The highest BCUT2D eigenvalue weighted by atomic mass is 16.5. The third-order valence-corrected chi connectivity index (χ3v) is 9.85. The molecule has 2 fully saturated rings. The maximum Gasteiger partial charge on any atom is 0.262 e. The van der Waals surface area contributed by atoms with Gasteiger partial charge in [-0.25, -0.2) is 0 Å². The Balaban J connectivity index is 0.963. The van der Waals surface area contributed by atoms with E-state index in [0.29, 0.717) is 49.5 Å². The molecule has 0 spiro atoms. The van der Waals surface area contributed by atoms with E-state index in [1.165, 1.54) is 0 Å². The minimum atomic E-state index is -1.02. The normalized spacial score (nSPS) is 18.2. The second-order valence-electron chi connectivity index (χ2n) is 13.1. The molecule has 0 aliphatic carbocycles. The molecular formula is C38H37N7O7. The van der Waals surface area contributed by atoms with Crippen molar-refractivity contribution < 1.29 is 33.8 Å². The van der Waals surface area contributed by atoms with Crippen molar-refractivity contribution in [2.45, 2.75) is 37.6 Å². The molecule has 3 aliphatic rings. The van der Waals surface area contributed by atoms with Crippen LogP contribution < -0.4 is 26.0 Å². The first kappa shape index (κ1) is 34.2. The van der Waals surface area contributed by atoms with Crippen molar-refractivity contribution in [3.63, 3.8) is 0 Å². The number of aromatic hydroxyl groups is 1. The fourth-order valence-electron chi connectivity index (χ4n) is 6.93. The SMILES string of the molecule is Nc1nnc(-c2ccccc2O)cc1OCC(CNC(=O)C1CCN(c2ccc3c(c2)C(=O)N(C2CCC(=O)NC2=O)C3=O)CC1)c1ccccc1. The lowest BCUT2D eigenvalue weighted by atomic mass is 9.94. The molecule has 5 N–H and O–H groups in total. The van der Waals surface area contributed by atoms with Crippen LogP contribution in [-0.2, 0) is 14.4 Å². The Morgan fingerprint density at radius 2 is 1.63 bits per heavy atom. The van der Waals surface area contributed by atoms with E-state index in [1.807, 2.05) is 30.3 Å². The van der Waals surface area contributed by atoms with E-state index in [2.05, 4.69) is 25.7 Å². The molecule has 3 aromatic carbocycles. The minimum absolute atomic E-state index is 0.0550. The van der Waals surface area contributed by atoms with Gasteiger partial charge in [0.1, 0.15) is 17.5 Å². The quantitative estimate of drug-likeness (QED) is 0.177. The third-order valence-electron chi connectivity index (χ3n) is 9.85. The third kappa shape index (κ3) is 6.87. The number of nitrogens with zero attached hydrogens (tertiary/aromatic N) is 4. The summed E-state index contributed by atoms with van der Waals surface area (Å²) in [5.41, 5.74) is 9.17. The number of aromatic nitrogens is 2. The molecule has 2 atom stereocenters. The first-order valence-corrected chi connectivity index (χ1v) is 17.2. The van der Waals surface area contributed by atoms with Crippen LogP contribution >= 0.6 is 0 Å². The number of rotatable bonds is 10. The first-order valence-electron chi connectivity index (χ1n) is 17.2. The number of para-hydroxylation sites is 1. The molecule has 2 saturated heterocycles. The van der Waals surface area contributed by atoms with Crippen LogP contribution in [0.1, 0.15) is 57.9 Å².